The Morgan fingerprint density at radius 2 is 2.14 bits per heavy atom. The van der Waals surface area contributed by atoms with E-state index in [2.05, 4.69) is 5.32 Å². The summed E-state index contributed by atoms with van der Waals surface area (Å²) < 4.78 is 10.0. The van der Waals surface area contributed by atoms with Gasteiger partial charge in [-0.15, -0.1) is 0 Å². The molecule has 6 heteroatoms. The molecule has 0 fully saturated rings. The van der Waals surface area contributed by atoms with Crippen molar-refractivity contribution in [1.82, 2.24) is 0 Å². The summed E-state index contributed by atoms with van der Waals surface area (Å²) in [7, 11) is 1.51. The van der Waals surface area contributed by atoms with Gasteiger partial charge in [0, 0.05) is 31.6 Å². The third-order valence-corrected chi connectivity index (χ3v) is 3.49. The molecule has 0 aromatic heterocycles. The van der Waals surface area contributed by atoms with Crippen LogP contribution in [-0.4, -0.2) is 45.3 Å². The molecule has 0 aliphatic carbocycles. The van der Waals surface area contributed by atoms with Gasteiger partial charge in [-0.3, -0.25) is 9.59 Å². The highest BCUT2D eigenvalue weighted by Crippen LogP contribution is 2.30. The first-order chi connectivity index (χ1) is 10.7. The SMILES string of the molecule is CCOCC(=O)Nc1ccc2c(c1)N(C(=O)COC)CCC2. The van der Waals surface area contributed by atoms with Gasteiger partial charge in [-0.05, 0) is 37.5 Å². The number of rotatable bonds is 6. The van der Waals surface area contributed by atoms with Crippen LogP contribution in [0, 0.1) is 0 Å². The second kappa shape index (κ2) is 7.91. The second-order valence-corrected chi connectivity index (χ2v) is 5.11. The Morgan fingerprint density at radius 1 is 1.32 bits per heavy atom. The molecule has 0 radical (unpaired) electrons. The first kappa shape index (κ1) is 16.5. The van der Waals surface area contributed by atoms with Gasteiger partial charge in [0.2, 0.25) is 5.91 Å². The molecule has 1 heterocycles. The summed E-state index contributed by atoms with van der Waals surface area (Å²) in [5.41, 5.74) is 2.63. The van der Waals surface area contributed by atoms with Crippen molar-refractivity contribution in [3.63, 3.8) is 0 Å². The van der Waals surface area contributed by atoms with Crippen LogP contribution in [0.25, 0.3) is 0 Å². The fraction of sp³-hybridized carbons (Fsp3) is 0.500. The van der Waals surface area contributed by atoms with Crippen molar-refractivity contribution < 1.29 is 19.1 Å². The molecule has 1 N–H and O–H groups in total. The van der Waals surface area contributed by atoms with E-state index in [1.165, 1.54) is 7.11 Å². The molecule has 2 amide bonds. The Bertz CT molecular complexity index is 545. The summed E-state index contributed by atoms with van der Waals surface area (Å²) in [6, 6.07) is 5.65. The predicted molar refractivity (Wildman–Crippen MR) is 84.1 cm³/mol. The summed E-state index contributed by atoms with van der Waals surface area (Å²) in [6.45, 7) is 3.09. The van der Waals surface area contributed by atoms with Crippen LogP contribution < -0.4 is 10.2 Å². The fourth-order valence-corrected chi connectivity index (χ4v) is 2.50. The van der Waals surface area contributed by atoms with Crippen molar-refractivity contribution >= 4 is 23.2 Å². The molecule has 0 unspecified atom stereocenters. The number of amides is 2. The van der Waals surface area contributed by atoms with E-state index in [4.69, 9.17) is 9.47 Å². The lowest BCUT2D eigenvalue weighted by Gasteiger charge is -2.29. The lowest BCUT2D eigenvalue weighted by atomic mass is 10.0. The van der Waals surface area contributed by atoms with Crippen LogP contribution in [0.3, 0.4) is 0 Å². The number of carbonyl (C=O) groups is 2. The van der Waals surface area contributed by atoms with E-state index in [1.807, 2.05) is 25.1 Å². The zero-order valence-electron chi connectivity index (χ0n) is 13.1. The largest absolute Gasteiger partial charge is 0.375 e. The summed E-state index contributed by atoms with van der Waals surface area (Å²) in [5, 5.41) is 2.79. The average Bonchev–Trinajstić information content (AvgIpc) is 2.52. The lowest BCUT2D eigenvalue weighted by molar-refractivity contribution is -0.122. The van der Waals surface area contributed by atoms with Crippen LogP contribution in [0.1, 0.15) is 18.9 Å². The molecule has 6 nitrogen and oxygen atoms in total. The van der Waals surface area contributed by atoms with Crippen molar-refractivity contribution in [2.24, 2.45) is 0 Å². The number of ether oxygens (including phenoxy) is 2. The van der Waals surface area contributed by atoms with Crippen LogP contribution in [0.5, 0.6) is 0 Å². The Kier molecular flexibility index (Phi) is 5.91. The highest BCUT2D eigenvalue weighted by atomic mass is 16.5. The summed E-state index contributed by atoms with van der Waals surface area (Å²) >= 11 is 0. The van der Waals surface area contributed by atoms with E-state index < -0.39 is 0 Å². The van der Waals surface area contributed by atoms with E-state index in [1.54, 1.807) is 4.90 Å². The van der Waals surface area contributed by atoms with Crippen molar-refractivity contribution in [2.45, 2.75) is 19.8 Å². The number of hydrogen-bond acceptors (Lipinski definition) is 4. The van der Waals surface area contributed by atoms with Crippen LogP contribution in [0.4, 0.5) is 11.4 Å². The number of methoxy groups -OCH3 is 1. The van der Waals surface area contributed by atoms with Crippen molar-refractivity contribution in [3.05, 3.63) is 23.8 Å². The molecular weight excluding hydrogens is 284 g/mol. The topological polar surface area (TPSA) is 67.9 Å². The van der Waals surface area contributed by atoms with Gasteiger partial charge in [-0.25, -0.2) is 0 Å². The first-order valence-electron chi connectivity index (χ1n) is 7.45. The molecule has 0 bridgehead atoms. The average molecular weight is 306 g/mol. The third kappa shape index (κ3) is 4.05. The van der Waals surface area contributed by atoms with Gasteiger partial charge in [0.25, 0.3) is 5.91 Å². The van der Waals surface area contributed by atoms with Gasteiger partial charge >= 0.3 is 0 Å². The van der Waals surface area contributed by atoms with E-state index in [9.17, 15) is 9.59 Å². The number of nitrogens with one attached hydrogen (secondary N) is 1. The highest BCUT2D eigenvalue weighted by Gasteiger charge is 2.22. The smallest absolute Gasteiger partial charge is 0.252 e. The molecular formula is C16H22N2O4. The van der Waals surface area contributed by atoms with Crippen LogP contribution in [0.2, 0.25) is 0 Å². The van der Waals surface area contributed by atoms with E-state index in [0.717, 1.165) is 24.1 Å². The Balaban J connectivity index is 2.15. The van der Waals surface area contributed by atoms with Crippen LogP contribution >= 0.6 is 0 Å². The standard InChI is InChI=1S/C16H22N2O4/c1-3-22-10-15(19)17-13-7-6-12-5-4-8-18(14(12)9-13)16(20)11-21-2/h6-7,9H,3-5,8,10-11H2,1-2H3,(H,17,19). The molecule has 0 saturated heterocycles. The number of carbonyl (C=O) groups excluding carboxylic acids is 2. The Hall–Kier alpha value is -1.92. The quantitative estimate of drug-likeness (QED) is 0.866. The maximum absolute atomic E-state index is 12.1. The third-order valence-electron chi connectivity index (χ3n) is 3.49. The predicted octanol–water partition coefficient (Wildman–Crippen LogP) is 1.59. The molecule has 2 rings (SSSR count). The van der Waals surface area contributed by atoms with Gasteiger partial charge in [-0.2, -0.15) is 0 Å². The van der Waals surface area contributed by atoms with Crippen molar-refractivity contribution in [3.8, 4) is 0 Å². The number of fused-ring (bicyclic) bond motifs is 1. The number of aryl methyl sites for hydroxylation is 1. The molecule has 1 aliphatic heterocycles. The zero-order chi connectivity index (χ0) is 15.9. The molecule has 1 aliphatic rings. The van der Waals surface area contributed by atoms with E-state index in [-0.39, 0.29) is 25.0 Å². The summed E-state index contributed by atoms with van der Waals surface area (Å²) in [6.07, 6.45) is 1.86. The maximum Gasteiger partial charge on any atom is 0.252 e. The molecule has 120 valence electrons. The van der Waals surface area contributed by atoms with Crippen LogP contribution in [0.15, 0.2) is 18.2 Å². The molecule has 22 heavy (non-hydrogen) atoms. The Labute approximate surface area is 130 Å². The van der Waals surface area contributed by atoms with Crippen molar-refractivity contribution in [1.29, 1.82) is 0 Å². The van der Waals surface area contributed by atoms with Gasteiger partial charge in [0.15, 0.2) is 0 Å². The lowest BCUT2D eigenvalue weighted by Crippen LogP contribution is -2.37. The molecule has 0 saturated carbocycles. The van der Waals surface area contributed by atoms with Gasteiger partial charge in [0.1, 0.15) is 13.2 Å². The fourth-order valence-electron chi connectivity index (χ4n) is 2.50. The van der Waals surface area contributed by atoms with E-state index in [0.29, 0.717) is 18.8 Å². The first-order valence-corrected chi connectivity index (χ1v) is 7.45. The normalized spacial score (nSPS) is 13.6. The number of hydrogen-bond donors (Lipinski definition) is 1. The maximum atomic E-state index is 12.1. The summed E-state index contributed by atoms with van der Waals surface area (Å²) in [4.78, 5) is 25.6. The molecule has 0 atom stereocenters. The molecule has 1 aromatic rings. The molecule has 0 spiro atoms. The monoisotopic (exact) mass is 306 g/mol. The number of anilines is 2. The minimum Gasteiger partial charge on any atom is -0.375 e. The summed E-state index contributed by atoms with van der Waals surface area (Å²) in [5.74, 6) is -0.270. The zero-order valence-corrected chi connectivity index (χ0v) is 13.1. The highest BCUT2D eigenvalue weighted by molar-refractivity contribution is 5.97. The molecule has 1 aromatic carbocycles. The minimum atomic E-state index is -0.202. The number of nitrogens with zero attached hydrogens (tertiary/aromatic N) is 1. The van der Waals surface area contributed by atoms with Crippen molar-refractivity contribution in [2.75, 3.05) is 43.7 Å². The van der Waals surface area contributed by atoms with Crippen LogP contribution in [-0.2, 0) is 25.5 Å². The van der Waals surface area contributed by atoms with Gasteiger partial charge in [-0.1, -0.05) is 6.07 Å². The Morgan fingerprint density at radius 3 is 2.86 bits per heavy atom. The second-order valence-electron chi connectivity index (χ2n) is 5.11. The minimum absolute atomic E-state index is 0.0277. The van der Waals surface area contributed by atoms with E-state index >= 15 is 0 Å². The van der Waals surface area contributed by atoms with Gasteiger partial charge in [0.05, 0.1) is 0 Å². The number of benzene rings is 1. The van der Waals surface area contributed by atoms with Gasteiger partial charge < -0.3 is 19.7 Å².